The van der Waals surface area contributed by atoms with Gasteiger partial charge >= 0.3 is 0 Å². The van der Waals surface area contributed by atoms with Gasteiger partial charge in [-0.15, -0.1) is 0 Å². The van der Waals surface area contributed by atoms with Crippen LogP contribution < -0.4 is 5.56 Å². The van der Waals surface area contributed by atoms with E-state index >= 15 is 0 Å². The summed E-state index contributed by atoms with van der Waals surface area (Å²) in [5, 5.41) is 8.52. The van der Waals surface area contributed by atoms with Crippen molar-refractivity contribution in [2.24, 2.45) is 5.92 Å². The fourth-order valence-electron chi connectivity index (χ4n) is 3.12. The van der Waals surface area contributed by atoms with Crippen molar-refractivity contribution in [3.05, 3.63) is 39.9 Å². The van der Waals surface area contributed by atoms with Crippen LogP contribution in [-0.4, -0.2) is 37.9 Å². The summed E-state index contributed by atoms with van der Waals surface area (Å²) in [5.41, 5.74) is 1.06. The second kappa shape index (κ2) is 6.12. The van der Waals surface area contributed by atoms with Crippen molar-refractivity contribution in [2.45, 2.75) is 51.6 Å². The van der Waals surface area contributed by atoms with Gasteiger partial charge in [-0.1, -0.05) is 19.0 Å². The zero-order chi connectivity index (χ0) is 16.7. The number of aromatic nitrogens is 4. The smallest absolute Gasteiger partial charge is 0.266 e. The van der Waals surface area contributed by atoms with Gasteiger partial charge in [-0.05, 0) is 18.9 Å². The highest BCUT2D eigenvalue weighted by molar-refractivity contribution is 5.12. The Morgan fingerprint density at radius 3 is 2.75 bits per heavy atom. The topological polar surface area (TPSA) is 77.0 Å². The van der Waals surface area contributed by atoms with Gasteiger partial charge in [-0.25, -0.2) is 4.68 Å². The third-order valence-corrected chi connectivity index (χ3v) is 4.71. The second-order valence-corrected chi connectivity index (χ2v) is 7.31. The van der Waals surface area contributed by atoms with Crippen LogP contribution in [0.3, 0.4) is 0 Å². The van der Waals surface area contributed by atoms with Crippen LogP contribution >= 0.6 is 0 Å². The Balaban J connectivity index is 1.31. The predicted octanol–water partition coefficient (Wildman–Crippen LogP) is 1.76. The minimum absolute atomic E-state index is 0.00340. The Labute approximate surface area is 140 Å². The molecule has 1 saturated carbocycles. The van der Waals surface area contributed by atoms with Crippen molar-refractivity contribution in [2.75, 3.05) is 13.1 Å². The van der Waals surface area contributed by atoms with E-state index < -0.39 is 0 Å². The predicted molar refractivity (Wildman–Crippen MR) is 87.6 cm³/mol. The van der Waals surface area contributed by atoms with E-state index in [1.54, 1.807) is 10.7 Å². The summed E-state index contributed by atoms with van der Waals surface area (Å²) in [7, 11) is 0. The molecule has 1 aliphatic heterocycles. The number of likely N-dealkylation sites (tertiary alicyclic amines) is 1. The molecule has 2 aromatic heterocycles. The summed E-state index contributed by atoms with van der Waals surface area (Å²) in [5.74, 6) is 2.74. The van der Waals surface area contributed by atoms with Crippen molar-refractivity contribution < 1.29 is 4.52 Å². The molecule has 0 unspecified atom stereocenters. The number of rotatable bonds is 6. The summed E-state index contributed by atoms with van der Waals surface area (Å²) in [6.45, 7) is 7.34. The Morgan fingerprint density at radius 1 is 1.29 bits per heavy atom. The van der Waals surface area contributed by atoms with Crippen molar-refractivity contribution >= 4 is 0 Å². The van der Waals surface area contributed by atoms with Gasteiger partial charge in [0, 0.05) is 36.9 Å². The van der Waals surface area contributed by atoms with Gasteiger partial charge in [-0.3, -0.25) is 9.69 Å². The van der Waals surface area contributed by atoms with E-state index in [0.717, 1.165) is 24.6 Å². The van der Waals surface area contributed by atoms with E-state index in [1.165, 1.54) is 12.8 Å². The highest BCUT2D eigenvalue weighted by Crippen LogP contribution is 2.38. The fourth-order valence-corrected chi connectivity index (χ4v) is 3.12. The average molecular weight is 329 g/mol. The molecule has 24 heavy (non-hydrogen) atoms. The van der Waals surface area contributed by atoms with E-state index in [0.29, 0.717) is 30.8 Å². The molecule has 0 spiro atoms. The van der Waals surface area contributed by atoms with Crippen LogP contribution in [0.25, 0.3) is 0 Å². The van der Waals surface area contributed by atoms with Gasteiger partial charge < -0.3 is 4.52 Å². The van der Waals surface area contributed by atoms with Crippen LogP contribution in [0.1, 0.15) is 55.9 Å². The maximum absolute atomic E-state index is 12.0. The van der Waals surface area contributed by atoms with Crippen molar-refractivity contribution in [3.63, 3.8) is 0 Å². The van der Waals surface area contributed by atoms with E-state index in [9.17, 15) is 4.79 Å². The summed E-state index contributed by atoms with van der Waals surface area (Å²) >= 11 is 0. The lowest BCUT2D eigenvalue weighted by atomic mass is 10.0. The molecule has 7 heteroatoms. The molecule has 0 N–H and O–H groups in total. The van der Waals surface area contributed by atoms with Gasteiger partial charge in [0.2, 0.25) is 5.89 Å². The van der Waals surface area contributed by atoms with Crippen LogP contribution in [-0.2, 0) is 13.1 Å². The highest BCUT2D eigenvalue weighted by atomic mass is 16.5. The Bertz CT molecular complexity index is 771. The summed E-state index contributed by atoms with van der Waals surface area (Å²) in [4.78, 5) is 18.7. The maximum Gasteiger partial charge on any atom is 0.266 e. The number of hydrogen-bond acceptors (Lipinski definition) is 6. The summed E-state index contributed by atoms with van der Waals surface area (Å²) in [6, 6.07) is 3.54. The number of nitrogens with zero attached hydrogens (tertiary/aromatic N) is 5. The minimum Gasteiger partial charge on any atom is -0.338 e. The zero-order valence-electron chi connectivity index (χ0n) is 14.2. The quantitative estimate of drug-likeness (QED) is 0.804. The van der Waals surface area contributed by atoms with Crippen LogP contribution in [0.15, 0.2) is 21.5 Å². The SMILES string of the molecule is CC(C)c1noc(CN2CC(Cn3nc(C4CC4)ccc3=O)C2)n1. The van der Waals surface area contributed by atoms with E-state index in [4.69, 9.17) is 4.52 Å². The highest BCUT2D eigenvalue weighted by Gasteiger charge is 2.30. The molecule has 0 bridgehead atoms. The molecule has 2 aromatic rings. The van der Waals surface area contributed by atoms with E-state index in [2.05, 4.69) is 34.0 Å². The van der Waals surface area contributed by atoms with Crippen molar-refractivity contribution in [1.82, 2.24) is 24.8 Å². The first-order chi connectivity index (χ1) is 11.6. The van der Waals surface area contributed by atoms with Crippen molar-refractivity contribution in [1.29, 1.82) is 0 Å². The molecule has 128 valence electrons. The Hall–Kier alpha value is -2.02. The van der Waals surface area contributed by atoms with Crippen molar-refractivity contribution in [3.8, 4) is 0 Å². The molecule has 0 radical (unpaired) electrons. The molecule has 7 nitrogen and oxygen atoms in total. The van der Waals surface area contributed by atoms with Crippen LogP contribution in [0.4, 0.5) is 0 Å². The molecular weight excluding hydrogens is 306 g/mol. The zero-order valence-corrected chi connectivity index (χ0v) is 14.2. The normalized spacial score (nSPS) is 19.0. The molecule has 3 heterocycles. The van der Waals surface area contributed by atoms with Crippen LogP contribution in [0, 0.1) is 5.92 Å². The first-order valence-electron chi connectivity index (χ1n) is 8.71. The molecule has 1 aliphatic carbocycles. The minimum atomic E-state index is -0.00340. The van der Waals surface area contributed by atoms with Gasteiger partial charge in [0.1, 0.15) is 0 Å². The Kier molecular flexibility index (Phi) is 3.96. The largest absolute Gasteiger partial charge is 0.338 e. The van der Waals surface area contributed by atoms with Gasteiger partial charge in [0.05, 0.1) is 18.8 Å². The lowest BCUT2D eigenvalue weighted by Gasteiger charge is -2.38. The molecule has 2 fully saturated rings. The third kappa shape index (κ3) is 3.26. The monoisotopic (exact) mass is 329 g/mol. The second-order valence-electron chi connectivity index (χ2n) is 7.31. The van der Waals surface area contributed by atoms with Crippen LogP contribution in [0.2, 0.25) is 0 Å². The lowest BCUT2D eigenvalue weighted by Crippen LogP contribution is -2.49. The molecule has 2 aliphatic rings. The Morgan fingerprint density at radius 2 is 2.08 bits per heavy atom. The van der Waals surface area contributed by atoms with Gasteiger partial charge in [-0.2, -0.15) is 10.1 Å². The summed E-state index contributed by atoms with van der Waals surface area (Å²) in [6.07, 6.45) is 2.40. The standard InChI is InChI=1S/C17H23N5O2/c1-11(2)17-18-15(24-20-17)10-21-7-12(8-21)9-22-16(23)6-5-14(19-22)13-3-4-13/h5-6,11-13H,3-4,7-10H2,1-2H3. The first kappa shape index (κ1) is 15.5. The average Bonchev–Trinajstić information content (AvgIpc) is 3.25. The summed E-state index contributed by atoms with van der Waals surface area (Å²) < 4.78 is 6.92. The van der Waals surface area contributed by atoms with Gasteiger partial charge in [0.25, 0.3) is 5.56 Å². The van der Waals surface area contributed by atoms with E-state index in [-0.39, 0.29) is 11.5 Å². The van der Waals surface area contributed by atoms with E-state index in [1.807, 2.05) is 6.07 Å². The van der Waals surface area contributed by atoms with Gasteiger partial charge in [0.15, 0.2) is 5.82 Å². The molecule has 0 amide bonds. The fraction of sp³-hybridized carbons (Fsp3) is 0.647. The molecule has 0 atom stereocenters. The lowest BCUT2D eigenvalue weighted by molar-refractivity contribution is 0.0657. The molecular formula is C17H23N5O2. The number of hydrogen-bond donors (Lipinski definition) is 0. The molecule has 0 aromatic carbocycles. The molecule has 4 rings (SSSR count). The molecule has 1 saturated heterocycles. The maximum atomic E-state index is 12.0. The third-order valence-electron chi connectivity index (χ3n) is 4.71. The van der Waals surface area contributed by atoms with Crippen LogP contribution in [0.5, 0.6) is 0 Å². The first-order valence-corrected chi connectivity index (χ1v) is 8.71.